The van der Waals surface area contributed by atoms with Crippen LogP contribution in [0.4, 0.5) is 0 Å². The Bertz CT molecular complexity index is 771. The zero-order valence-electron chi connectivity index (χ0n) is 14.6. The number of aryl methyl sites for hydroxylation is 1. The lowest BCUT2D eigenvalue weighted by Crippen LogP contribution is -2.34. The quantitative estimate of drug-likeness (QED) is 0.739. The topological polar surface area (TPSA) is 77.8 Å². The van der Waals surface area contributed by atoms with E-state index in [1.165, 1.54) is 5.56 Å². The van der Waals surface area contributed by atoms with Gasteiger partial charge in [0.1, 0.15) is 5.75 Å². The Balaban J connectivity index is 1.51. The second-order valence-electron chi connectivity index (χ2n) is 6.64. The molecule has 138 valence electrons. The lowest BCUT2D eigenvalue weighted by molar-refractivity contribution is -0.129. The number of carboxylic acid groups (broad SMARTS) is 1. The van der Waals surface area contributed by atoms with Gasteiger partial charge in [0.2, 0.25) is 5.91 Å². The molecule has 0 radical (unpaired) electrons. The van der Waals surface area contributed by atoms with Crippen molar-refractivity contribution < 1.29 is 19.8 Å². The first-order chi connectivity index (χ1) is 12.5. The predicted molar refractivity (Wildman–Crippen MR) is 101 cm³/mol. The van der Waals surface area contributed by atoms with E-state index < -0.39 is 5.97 Å². The second-order valence-corrected chi connectivity index (χ2v) is 7.78. The summed E-state index contributed by atoms with van der Waals surface area (Å²) in [5, 5.41) is 18.6. The molecule has 0 saturated carbocycles. The summed E-state index contributed by atoms with van der Waals surface area (Å²) in [6.07, 6.45) is 4.87. The lowest BCUT2D eigenvalue weighted by Gasteiger charge is -2.25. The molecule has 1 unspecified atom stereocenters. The molecular formula is C20H23NO4S. The summed E-state index contributed by atoms with van der Waals surface area (Å²) in [6, 6.07) is 12.0. The minimum Gasteiger partial charge on any atom is -0.506 e. The maximum atomic E-state index is 12.2. The van der Waals surface area contributed by atoms with Crippen LogP contribution in [0, 0.1) is 0 Å². The fourth-order valence-electron chi connectivity index (χ4n) is 3.51. The molecule has 3 rings (SSSR count). The van der Waals surface area contributed by atoms with E-state index in [1.807, 2.05) is 23.1 Å². The Labute approximate surface area is 156 Å². The summed E-state index contributed by atoms with van der Waals surface area (Å²) < 4.78 is 0. The number of hydrogen-bond donors (Lipinski definition) is 2. The van der Waals surface area contributed by atoms with Crippen LogP contribution in [-0.2, 0) is 17.6 Å². The van der Waals surface area contributed by atoms with Gasteiger partial charge in [-0.25, -0.2) is 4.79 Å². The number of carbonyl (C=O) groups is 2. The molecule has 2 aromatic rings. The Morgan fingerprint density at radius 2 is 2.00 bits per heavy atom. The van der Waals surface area contributed by atoms with Crippen LogP contribution in [0.25, 0.3) is 0 Å². The second kappa shape index (κ2) is 8.36. The van der Waals surface area contributed by atoms with Crippen LogP contribution in [0.1, 0.15) is 45.8 Å². The number of aromatic hydroxyl groups is 1. The van der Waals surface area contributed by atoms with Gasteiger partial charge in [-0.15, -0.1) is 11.3 Å². The van der Waals surface area contributed by atoms with E-state index in [4.69, 9.17) is 5.11 Å². The third-order valence-electron chi connectivity index (χ3n) is 4.86. The molecule has 1 aliphatic rings. The molecule has 1 saturated heterocycles. The summed E-state index contributed by atoms with van der Waals surface area (Å²) in [5.41, 5.74) is 1.24. The van der Waals surface area contributed by atoms with E-state index in [1.54, 1.807) is 6.07 Å². The van der Waals surface area contributed by atoms with Crippen molar-refractivity contribution in [1.82, 2.24) is 4.90 Å². The molecule has 6 heteroatoms. The van der Waals surface area contributed by atoms with E-state index in [0.717, 1.165) is 54.9 Å². The molecule has 5 nitrogen and oxygen atoms in total. The normalized spacial score (nSPS) is 17.0. The third kappa shape index (κ3) is 4.43. The van der Waals surface area contributed by atoms with Crippen molar-refractivity contribution >= 4 is 23.2 Å². The van der Waals surface area contributed by atoms with E-state index in [2.05, 4.69) is 12.1 Å². The third-order valence-corrected chi connectivity index (χ3v) is 6.03. The molecule has 1 aromatic heterocycles. The van der Waals surface area contributed by atoms with Gasteiger partial charge in [0.05, 0.1) is 0 Å². The van der Waals surface area contributed by atoms with Gasteiger partial charge in [-0.3, -0.25) is 4.79 Å². The Kier molecular flexibility index (Phi) is 5.93. The molecule has 1 atom stereocenters. The van der Waals surface area contributed by atoms with Crippen LogP contribution in [0.3, 0.4) is 0 Å². The lowest BCUT2D eigenvalue weighted by atomic mass is 10.1. The number of amides is 1. The zero-order valence-corrected chi connectivity index (χ0v) is 15.4. The number of carbonyl (C=O) groups excluding carboxylic acids is 1. The standard InChI is InChI=1S/C20H23NO4S/c22-17-13-16(26-19(17)20(24)25)8-4-7-15-9-10-18(23)21(15)12-11-14-5-2-1-3-6-14/h1-3,5-6,13,15,22H,4,7-12H2,(H,24,25). The average molecular weight is 373 g/mol. The van der Waals surface area contributed by atoms with Gasteiger partial charge < -0.3 is 15.1 Å². The molecule has 1 aliphatic heterocycles. The molecule has 0 bridgehead atoms. The zero-order chi connectivity index (χ0) is 18.5. The summed E-state index contributed by atoms with van der Waals surface area (Å²) in [5.74, 6) is -1.02. The van der Waals surface area contributed by atoms with Gasteiger partial charge in [0.25, 0.3) is 0 Å². The first-order valence-corrected chi connectivity index (χ1v) is 9.74. The Hall–Kier alpha value is -2.34. The van der Waals surface area contributed by atoms with Gasteiger partial charge in [-0.05, 0) is 43.7 Å². The highest BCUT2D eigenvalue weighted by Gasteiger charge is 2.30. The summed E-state index contributed by atoms with van der Waals surface area (Å²) in [7, 11) is 0. The van der Waals surface area contributed by atoms with Crippen molar-refractivity contribution in [1.29, 1.82) is 0 Å². The molecule has 1 aromatic carbocycles. The number of carboxylic acids is 1. The fourth-order valence-corrected chi connectivity index (χ4v) is 4.44. The molecular weight excluding hydrogens is 350 g/mol. The summed E-state index contributed by atoms with van der Waals surface area (Å²) in [4.78, 5) is 26.1. The molecule has 0 aliphatic carbocycles. The van der Waals surface area contributed by atoms with Crippen molar-refractivity contribution in [3.05, 3.63) is 51.7 Å². The maximum Gasteiger partial charge on any atom is 0.349 e. The van der Waals surface area contributed by atoms with Gasteiger partial charge in [-0.1, -0.05) is 30.3 Å². The van der Waals surface area contributed by atoms with Gasteiger partial charge in [0, 0.05) is 23.9 Å². The molecule has 26 heavy (non-hydrogen) atoms. The Morgan fingerprint density at radius 1 is 1.23 bits per heavy atom. The minimum absolute atomic E-state index is 0.000492. The highest BCUT2D eigenvalue weighted by atomic mass is 32.1. The van der Waals surface area contributed by atoms with Gasteiger partial charge in [0.15, 0.2) is 4.88 Å². The Morgan fingerprint density at radius 3 is 2.69 bits per heavy atom. The molecule has 1 amide bonds. The highest BCUT2D eigenvalue weighted by molar-refractivity contribution is 7.14. The number of benzene rings is 1. The minimum atomic E-state index is -1.09. The first-order valence-electron chi connectivity index (χ1n) is 8.93. The van der Waals surface area contributed by atoms with Crippen molar-refractivity contribution in [2.45, 2.75) is 44.6 Å². The van der Waals surface area contributed by atoms with Crippen LogP contribution in [0.15, 0.2) is 36.4 Å². The first kappa shape index (κ1) is 18.5. The molecule has 2 N–H and O–H groups in total. The van der Waals surface area contributed by atoms with Crippen LogP contribution in [-0.4, -0.2) is 39.6 Å². The number of likely N-dealkylation sites (tertiary alicyclic amines) is 1. The fraction of sp³-hybridized carbons (Fsp3) is 0.400. The smallest absolute Gasteiger partial charge is 0.349 e. The number of hydrogen-bond acceptors (Lipinski definition) is 4. The monoisotopic (exact) mass is 373 g/mol. The molecule has 0 spiro atoms. The van der Waals surface area contributed by atoms with E-state index in [-0.39, 0.29) is 22.6 Å². The summed E-state index contributed by atoms with van der Waals surface area (Å²) in [6.45, 7) is 0.746. The summed E-state index contributed by atoms with van der Waals surface area (Å²) >= 11 is 1.13. The number of aromatic carboxylic acids is 1. The highest BCUT2D eigenvalue weighted by Crippen LogP contribution is 2.30. The van der Waals surface area contributed by atoms with Crippen LogP contribution >= 0.6 is 11.3 Å². The van der Waals surface area contributed by atoms with E-state index in [9.17, 15) is 14.7 Å². The van der Waals surface area contributed by atoms with Crippen molar-refractivity contribution in [3.8, 4) is 5.75 Å². The van der Waals surface area contributed by atoms with Crippen molar-refractivity contribution in [3.63, 3.8) is 0 Å². The van der Waals surface area contributed by atoms with Gasteiger partial charge in [-0.2, -0.15) is 0 Å². The maximum absolute atomic E-state index is 12.2. The van der Waals surface area contributed by atoms with Crippen LogP contribution in [0.2, 0.25) is 0 Å². The van der Waals surface area contributed by atoms with Crippen LogP contribution in [0.5, 0.6) is 5.75 Å². The van der Waals surface area contributed by atoms with Crippen LogP contribution < -0.4 is 0 Å². The molecule has 1 fully saturated rings. The van der Waals surface area contributed by atoms with E-state index in [0.29, 0.717) is 6.42 Å². The van der Waals surface area contributed by atoms with Gasteiger partial charge >= 0.3 is 5.97 Å². The number of rotatable bonds is 8. The number of thiophene rings is 1. The van der Waals surface area contributed by atoms with Crippen molar-refractivity contribution in [2.24, 2.45) is 0 Å². The average Bonchev–Trinajstić information content (AvgIpc) is 3.17. The van der Waals surface area contributed by atoms with E-state index >= 15 is 0 Å². The predicted octanol–water partition coefficient (Wildman–Crippen LogP) is 3.71. The molecule has 2 heterocycles. The number of nitrogens with zero attached hydrogens (tertiary/aromatic N) is 1. The largest absolute Gasteiger partial charge is 0.506 e. The van der Waals surface area contributed by atoms with Crippen molar-refractivity contribution in [2.75, 3.05) is 6.54 Å². The SMILES string of the molecule is O=C(O)c1sc(CCCC2CCC(=O)N2CCc2ccccc2)cc1O.